The highest BCUT2D eigenvalue weighted by atomic mass is 16.5. The lowest BCUT2D eigenvalue weighted by Gasteiger charge is -2.25. The number of nitrogens with two attached hydrogens (primary N) is 3. The number of hydrogen-bond donors (Lipinski definition) is 10. The van der Waals surface area contributed by atoms with Crippen LogP contribution in [0, 0.1) is 19.8 Å². The van der Waals surface area contributed by atoms with Gasteiger partial charge in [-0.1, -0.05) is 44.6 Å². The number of fused-ring (bicyclic) bond motifs is 2. The van der Waals surface area contributed by atoms with Gasteiger partial charge in [-0.2, -0.15) is 10.2 Å². The Morgan fingerprint density at radius 1 is 0.630 bits per heavy atom. The summed E-state index contributed by atoms with van der Waals surface area (Å²) in [5.41, 5.74) is 21.0. The minimum absolute atomic E-state index is 0.0116. The molecule has 100 heavy (non-hydrogen) atoms. The van der Waals surface area contributed by atoms with Crippen molar-refractivity contribution >= 4 is 105 Å². The van der Waals surface area contributed by atoms with Crippen LogP contribution in [0.5, 0.6) is 11.5 Å². The fourth-order valence-electron chi connectivity index (χ4n) is 11.0. The summed E-state index contributed by atoms with van der Waals surface area (Å²) in [6, 6.07) is 12.7. The number of allylic oxidation sites excluding steroid dienone is 2. The van der Waals surface area contributed by atoms with E-state index in [1.54, 1.807) is 94.7 Å². The van der Waals surface area contributed by atoms with Crippen molar-refractivity contribution in [3.05, 3.63) is 124 Å². The van der Waals surface area contributed by atoms with Gasteiger partial charge in [-0.3, -0.25) is 68.0 Å². The third kappa shape index (κ3) is 19.2. The molecule has 0 fully saturated rings. The zero-order chi connectivity index (χ0) is 72.3. The molecule has 5 heterocycles. The topological polar surface area (TPSA) is 452 Å². The molecule has 3 aromatic carbocycles. The number of imide groups is 1. The predicted octanol–water partition coefficient (Wildman–Crippen LogP) is 4.60. The molecule has 1 aliphatic rings. The van der Waals surface area contributed by atoms with E-state index in [1.807, 2.05) is 13.8 Å². The summed E-state index contributed by atoms with van der Waals surface area (Å²) in [5, 5.41) is 28.1. The van der Waals surface area contributed by atoms with Crippen LogP contribution in [0.2, 0.25) is 0 Å². The average Bonchev–Trinajstić information content (AvgIpc) is 1.62. The Balaban J connectivity index is 0.903. The maximum Gasteiger partial charge on any atom is 0.407 e. The van der Waals surface area contributed by atoms with E-state index >= 15 is 0 Å². The number of anilines is 3. The van der Waals surface area contributed by atoms with Crippen molar-refractivity contribution in [1.82, 2.24) is 64.8 Å². The number of rotatable bonds is 36. The van der Waals surface area contributed by atoms with Crippen molar-refractivity contribution in [2.75, 3.05) is 49.3 Å². The molecule has 0 radical (unpaired) electrons. The molecule has 1 aliphatic heterocycles. The number of nitrogens with zero attached hydrogens (tertiary/aromatic N) is 9. The summed E-state index contributed by atoms with van der Waals surface area (Å²) in [6.07, 6.45) is 7.37. The number of benzene rings is 3. The van der Waals surface area contributed by atoms with Crippen molar-refractivity contribution in [1.29, 1.82) is 0 Å². The van der Waals surface area contributed by atoms with Crippen molar-refractivity contribution in [3.63, 3.8) is 0 Å². The number of ether oxygens (including phenoxy) is 3. The van der Waals surface area contributed by atoms with Gasteiger partial charge in [-0.05, 0) is 120 Å². The molecular weight excluding hydrogens is 1290 g/mol. The number of imidazole rings is 2. The first-order chi connectivity index (χ1) is 47.9. The fraction of sp³-hybridized carbons (Fsp3) is 0.388. The monoisotopic (exact) mass is 1380 g/mol. The van der Waals surface area contributed by atoms with Crippen LogP contribution in [-0.4, -0.2) is 154 Å². The highest BCUT2D eigenvalue weighted by Gasteiger charge is 2.30. The van der Waals surface area contributed by atoms with E-state index in [0.717, 1.165) is 4.90 Å². The van der Waals surface area contributed by atoms with Crippen LogP contribution in [0.3, 0.4) is 0 Å². The van der Waals surface area contributed by atoms with Gasteiger partial charge in [0.05, 0.1) is 36.1 Å². The Labute approximate surface area is 574 Å². The van der Waals surface area contributed by atoms with Gasteiger partial charge in [0.1, 0.15) is 52.6 Å². The number of primary amides is 3. The molecule has 12 amide bonds. The molecule has 0 unspecified atom stereocenters. The Morgan fingerprint density at radius 2 is 1.18 bits per heavy atom. The van der Waals surface area contributed by atoms with Gasteiger partial charge >= 0.3 is 12.1 Å². The van der Waals surface area contributed by atoms with Crippen molar-refractivity contribution < 1.29 is 67.0 Å². The number of urea groups is 1. The van der Waals surface area contributed by atoms with Crippen LogP contribution in [0.1, 0.15) is 131 Å². The summed E-state index contributed by atoms with van der Waals surface area (Å²) < 4.78 is 24.0. The normalized spacial score (nSPS) is 12.6. The molecule has 13 N–H and O–H groups in total. The zero-order valence-corrected chi connectivity index (χ0v) is 56.6. The molecule has 0 bridgehead atoms. The van der Waals surface area contributed by atoms with Gasteiger partial charge in [0.15, 0.2) is 0 Å². The molecule has 8 rings (SSSR count). The number of hydrogen-bond acceptors (Lipinski definition) is 18. The maximum absolute atomic E-state index is 14.0. The Bertz CT molecular complexity index is 4280. The quantitative estimate of drug-likeness (QED) is 0.0146. The van der Waals surface area contributed by atoms with Crippen molar-refractivity contribution in [2.45, 2.75) is 131 Å². The summed E-state index contributed by atoms with van der Waals surface area (Å²) >= 11 is 0. The molecule has 33 nitrogen and oxygen atoms in total. The number of methoxy groups -OCH3 is 1. The first-order valence-electron chi connectivity index (χ1n) is 32.5. The molecule has 2 atom stereocenters. The third-order valence-electron chi connectivity index (χ3n) is 16.0. The van der Waals surface area contributed by atoms with Gasteiger partial charge < -0.3 is 67.1 Å². The van der Waals surface area contributed by atoms with E-state index < -0.39 is 65.6 Å². The minimum atomic E-state index is -1.11. The summed E-state index contributed by atoms with van der Waals surface area (Å²) in [6.45, 7) is 11.9. The van der Waals surface area contributed by atoms with E-state index in [9.17, 15) is 52.7 Å². The van der Waals surface area contributed by atoms with Crippen LogP contribution >= 0.6 is 0 Å². The number of aryl methyl sites for hydroxylation is 4. The van der Waals surface area contributed by atoms with Crippen LogP contribution in [-0.2, 0) is 61.5 Å². The number of amides is 12. The molecular formula is C67H83N19O14. The lowest BCUT2D eigenvalue weighted by molar-refractivity contribution is -0.137. The number of nitrogens with one attached hydrogen (secondary N) is 7. The highest BCUT2D eigenvalue weighted by molar-refractivity contribution is 6.13. The van der Waals surface area contributed by atoms with Gasteiger partial charge in [-0.15, -0.1) is 0 Å². The number of unbranched alkanes of at least 4 members (excludes halogenated alkanes) is 2. The van der Waals surface area contributed by atoms with Gasteiger partial charge in [0, 0.05) is 81.2 Å². The first kappa shape index (κ1) is 73.9. The lowest BCUT2D eigenvalue weighted by Crippen LogP contribution is -2.54. The zero-order valence-electron chi connectivity index (χ0n) is 56.6. The molecule has 33 heteroatoms. The Morgan fingerprint density at radius 3 is 1.71 bits per heavy atom. The van der Waals surface area contributed by atoms with Crippen LogP contribution < -0.4 is 63.9 Å². The number of alkyl carbamates (subject to hydrolysis) is 1. The molecule has 0 saturated heterocycles. The standard InChI is InChI=1S/C67H83N19O14/c1-8-85-48(31-39(5)80-85)61(93)78-65-75-46-33-42(58(68)90)35-50(98-7)56(46)83(65)28-13-14-29-84-57-47(76-66(84)79-62(94)49-32-40(6)81-86(49)9-2)34-43(59(69)91)36-51(57)99-30-16-26-72-67(97)100-37-41-19-21-44(22-20-41)73-60(92)45(17-15-25-71-64(70)96)74-63(95)55(38(3)4)77-52(87)18-11-10-12-27-82-53(88)23-24-54(82)89/h13-14,19-24,31-36,38,45,55H,8-12,15-18,25-30,37H2,1-7H3,(H2,68,90)(H2,69,91)(H,72,97)(H,73,92)(H,74,95)(H,77,87)(H3,70,71,96)(H,75,78,93)(H,76,79,94)/b14-13+/t45-,55-/m0/s1. The summed E-state index contributed by atoms with van der Waals surface area (Å²) in [5.74, 6) is -4.63. The molecule has 7 aromatic rings. The van der Waals surface area contributed by atoms with Gasteiger partial charge in [0.25, 0.3) is 23.6 Å². The van der Waals surface area contributed by atoms with Gasteiger partial charge in [0.2, 0.25) is 41.4 Å². The van der Waals surface area contributed by atoms with E-state index in [2.05, 4.69) is 47.4 Å². The molecule has 530 valence electrons. The fourth-order valence-corrected chi connectivity index (χ4v) is 11.0. The predicted molar refractivity (Wildman–Crippen MR) is 367 cm³/mol. The molecule has 0 aliphatic carbocycles. The van der Waals surface area contributed by atoms with Crippen LogP contribution in [0.15, 0.2) is 85.0 Å². The first-order valence-corrected chi connectivity index (χ1v) is 32.5. The molecule has 4 aromatic heterocycles. The van der Waals surface area contributed by atoms with Crippen LogP contribution in [0.25, 0.3) is 22.1 Å². The van der Waals surface area contributed by atoms with Gasteiger partial charge in [-0.25, -0.2) is 19.6 Å². The van der Waals surface area contributed by atoms with E-state index in [0.29, 0.717) is 77.2 Å². The smallest absolute Gasteiger partial charge is 0.407 e. The highest BCUT2D eigenvalue weighted by Crippen LogP contribution is 2.34. The van der Waals surface area contributed by atoms with Crippen LogP contribution in [0.4, 0.5) is 27.2 Å². The van der Waals surface area contributed by atoms with E-state index in [-0.39, 0.29) is 135 Å². The van der Waals surface area contributed by atoms with E-state index in [1.165, 1.54) is 43.5 Å². The lowest BCUT2D eigenvalue weighted by atomic mass is 10.0. The Hall–Kier alpha value is -11.9. The van der Waals surface area contributed by atoms with E-state index in [4.69, 9.17) is 41.4 Å². The number of carbonyl (C=O) groups is 11. The number of carbonyl (C=O) groups excluding carboxylic acids is 11. The Kier molecular flexibility index (Phi) is 25.4. The average molecular weight is 1380 g/mol. The summed E-state index contributed by atoms with van der Waals surface area (Å²) in [4.78, 5) is 152. The second-order valence-corrected chi connectivity index (χ2v) is 23.7. The second-order valence-electron chi connectivity index (χ2n) is 23.7. The van der Waals surface area contributed by atoms with Crippen molar-refractivity contribution in [2.24, 2.45) is 23.1 Å². The third-order valence-corrected chi connectivity index (χ3v) is 16.0. The minimum Gasteiger partial charge on any atom is -0.494 e. The van der Waals surface area contributed by atoms with Crippen molar-refractivity contribution in [3.8, 4) is 11.5 Å². The summed E-state index contributed by atoms with van der Waals surface area (Å²) in [7, 11) is 1.42. The largest absolute Gasteiger partial charge is 0.494 e. The molecule has 0 spiro atoms. The maximum atomic E-state index is 14.0. The second kappa shape index (κ2) is 34.3. The SMILES string of the molecule is CCn1nc(C)cc1C(=O)Nc1nc2cc(C(N)=O)cc(OC)c2n1C/C=C/Cn1c(NC(=O)c2cc(C)nn2CC)nc2cc(C(N)=O)cc(OCCCNC(=O)OCc3ccc(NC(=O)[C@H](CCCNC(N)=O)NC(=O)[C@@H](NC(=O)CCCCCN4C(=O)C=CC4=O)C(C)C)cc3)c21. The molecule has 0 saturated carbocycles. The number of aromatic nitrogens is 8.